The number of hydrogen-bond acceptors (Lipinski definition) is 2. The van der Waals surface area contributed by atoms with Gasteiger partial charge in [-0.05, 0) is 42.0 Å². The van der Waals surface area contributed by atoms with Crippen LogP contribution in [-0.4, -0.2) is 0 Å². The zero-order valence-corrected chi connectivity index (χ0v) is 13.1. The van der Waals surface area contributed by atoms with E-state index < -0.39 is 0 Å². The lowest BCUT2D eigenvalue weighted by Gasteiger charge is -2.24. The molecule has 1 heterocycles. The maximum absolute atomic E-state index is 6.33. The van der Waals surface area contributed by atoms with Crippen molar-refractivity contribution in [3.63, 3.8) is 0 Å². The molecule has 1 atom stereocenters. The predicted octanol–water partition coefficient (Wildman–Crippen LogP) is 4.79. The lowest BCUT2D eigenvalue weighted by molar-refractivity contribution is 0.506. The smallest absolute Gasteiger partial charge is 0.0646 e. The van der Waals surface area contributed by atoms with Crippen molar-refractivity contribution in [3.8, 4) is 0 Å². The minimum atomic E-state index is -0.00233. The van der Waals surface area contributed by atoms with E-state index in [4.69, 9.17) is 5.73 Å². The quantitative estimate of drug-likeness (QED) is 0.851. The lowest BCUT2D eigenvalue weighted by Crippen LogP contribution is -2.16. The predicted molar refractivity (Wildman–Crippen MR) is 84.8 cm³/mol. The van der Waals surface area contributed by atoms with E-state index in [1.807, 2.05) is 0 Å². The second kappa shape index (κ2) is 5.48. The largest absolute Gasteiger partial charge is 0.320 e. The molecule has 0 radical (unpaired) electrons. The first kappa shape index (κ1) is 14.3. The number of thiophene rings is 1. The molecule has 0 saturated heterocycles. The molecule has 0 saturated carbocycles. The number of rotatable bonds is 4. The Balaban J connectivity index is 2.23. The van der Waals surface area contributed by atoms with Gasteiger partial charge in [-0.15, -0.1) is 11.3 Å². The van der Waals surface area contributed by atoms with Crippen molar-refractivity contribution in [2.24, 2.45) is 5.73 Å². The van der Waals surface area contributed by atoms with Crippen LogP contribution in [0, 0.1) is 6.92 Å². The van der Waals surface area contributed by atoms with Gasteiger partial charge in [-0.1, -0.05) is 45.0 Å². The van der Waals surface area contributed by atoms with Crippen molar-refractivity contribution in [3.05, 3.63) is 57.3 Å². The third kappa shape index (κ3) is 3.07. The Bertz CT molecular complexity index is 537. The molecular weight excluding hydrogens is 250 g/mol. The van der Waals surface area contributed by atoms with E-state index in [-0.39, 0.29) is 11.5 Å². The topological polar surface area (TPSA) is 26.0 Å². The Morgan fingerprint density at radius 3 is 2.21 bits per heavy atom. The first-order valence-corrected chi connectivity index (χ1v) is 7.68. The average molecular weight is 273 g/mol. The van der Waals surface area contributed by atoms with Crippen molar-refractivity contribution in [2.75, 3.05) is 0 Å². The van der Waals surface area contributed by atoms with Gasteiger partial charge in [0.2, 0.25) is 0 Å². The summed E-state index contributed by atoms with van der Waals surface area (Å²) in [6, 6.07) is 13.1. The maximum atomic E-state index is 6.33. The highest BCUT2D eigenvalue weighted by molar-refractivity contribution is 7.12. The number of benzene rings is 1. The molecule has 19 heavy (non-hydrogen) atoms. The van der Waals surface area contributed by atoms with Gasteiger partial charge in [-0.2, -0.15) is 0 Å². The van der Waals surface area contributed by atoms with Crippen LogP contribution in [0.1, 0.15) is 54.1 Å². The molecule has 0 fully saturated rings. The standard InChI is InChI=1S/C17H23NS/c1-5-17(3,4)14-9-7-13(8-10-14)16(18)15-11-6-12(2)19-15/h6-11,16H,5,18H2,1-4H3. The molecule has 0 amide bonds. The molecule has 1 nitrogen and oxygen atoms in total. The van der Waals surface area contributed by atoms with E-state index in [1.54, 1.807) is 11.3 Å². The summed E-state index contributed by atoms with van der Waals surface area (Å²) in [5.41, 5.74) is 9.14. The fourth-order valence-electron chi connectivity index (χ4n) is 2.13. The van der Waals surface area contributed by atoms with Crippen molar-refractivity contribution in [2.45, 2.75) is 45.6 Å². The Kier molecular flexibility index (Phi) is 4.12. The van der Waals surface area contributed by atoms with Crippen LogP contribution in [-0.2, 0) is 5.41 Å². The summed E-state index contributed by atoms with van der Waals surface area (Å²) in [7, 11) is 0. The van der Waals surface area contributed by atoms with Gasteiger partial charge in [0.25, 0.3) is 0 Å². The first-order valence-electron chi connectivity index (χ1n) is 6.86. The van der Waals surface area contributed by atoms with E-state index >= 15 is 0 Å². The fourth-order valence-corrected chi connectivity index (χ4v) is 3.04. The van der Waals surface area contributed by atoms with Gasteiger partial charge in [0.15, 0.2) is 0 Å². The Hall–Kier alpha value is -1.12. The lowest BCUT2D eigenvalue weighted by atomic mass is 9.82. The Morgan fingerprint density at radius 1 is 1.11 bits per heavy atom. The van der Waals surface area contributed by atoms with Crippen LogP contribution in [0.15, 0.2) is 36.4 Å². The van der Waals surface area contributed by atoms with Gasteiger partial charge < -0.3 is 5.73 Å². The molecule has 1 unspecified atom stereocenters. The molecule has 0 aliphatic carbocycles. The molecule has 0 bridgehead atoms. The van der Waals surface area contributed by atoms with Gasteiger partial charge in [0.1, 0.15) is 0 Å². The molecular formula is C17H23NS. The molecule has 1 aromatic heterocycles. The minimum absolute atomic E-state index is 0.00233. The summed E-state index contributed by atoms with van der Waals surface area (Å²) in [6.07, 6.45) is 1.14. The van der Waals surface area contributed by atoms with Gasteiger partial charge >= 0.3 is 0 Å². The number of hydrogen-bond donors (Lipinski definition) is 1. The molecule has 0 aliphatic heterocycles. The monoisotopic (exact) mass is 273 g/mol. The summed E-state index contributed by atoms with van der Waals surface area (Å²) in [5, 5.41) is 0. The van der Waals surface area contributed by atoms with E-state index in [9.17, 15) is 0 Å². The van der Waals surface area contributed by atoms with Crippen molar-refractivity contribution in [1.29, 1.82) is 0 Å². The highest BCUT2D eigenvalue weighted by Crippen LogP contribution is 2.30. The van der Waals surface area contributed by atoms with Gasteiger partial charge in [0, 0.05) is 9.75 Å². The third-order valence-electron chi connectivity index (χ3n) is 4.00. The van der Waals surface area contributed by atoms with Crippen molar-refractivity contribution in [1.82, 2.24) is 0 Å². The molecule has 102 valence electrons. The highest BCUT2D eigenvalue weighted by atomic mass is 32.1. The molecule has 0 aliphatic rings. The normalized spacial score (nSPS) is 13.5. The van der Waals surface area contributed by atoms with Crippen molar-refractivity contribution < 1.29 is 0 Å². The van der Waals surface area contributed by atoms with Gasteiger partial charge in [-0.3, -0.25) is 0 Å². The third-order valence-corrected chi connectivity index (χ3v) is 5.09. The Labute approximate surface area is 120 Å². The van der Waals surface area contributed by atoms with E-state index in [2.05, 4.69) is 64.1 Å². The first-order chi connectivity index (χ1) is 8.94. The van der Waals surface area contributed by atoms with Crippen LogP contribution in [0.25, 0.3) is 0 Å². The van der Waals surface area contributed by atoms with E-state index in [1.165, 1.54) is 20.9 Å². The molecule has 2 heteroatoms. The SMILES string of the molecule is CCC(C)(C)c1ccc(C(N)c2ccc(C)s2)cc1. The van der Waals surface area contributed by atoms with E-state index in [0.717, 1.165) is 6.42 Å². The summed E-state index contributed by atoms with van der Waals surface area (Å²) in [4.78, 5) is 2.55. The summed E-state index contributed by atoms with van der Waals surface area (Å²) in [5.74, 6) is 0. The molecule has 1 aromatic carbocycles. The number of aryl methyl sites for hydroxylation is 1. The molecule has 2 aromatic rings. The Morgan fingerprint density at radius 2 is 1.74 bits per heavy atom. The minimum Gasteiger partial charge on any atom is -0.320 e. The summed E-state index contributed by atoms with van der Waals surface area (Å²) < 4.78 is 0. The van der Waals surface area contributed by atoms with Crippen LogP contribution in [0.2, 0.25) is 0 Å². The van der Waals surface area contributed by atoms with Crippen LogP contribution in [0.5, 0.6) is 0 Å². The highest BCUT2D eigenvalue weighted by Gasteiger charge is 2.18. The van der Waals surface area contributed by atoms with Crippen LogP contribution >= 0.6 is 11.3 Å². The zero-order valence-electron chi connectivity index (χ0n) is 12.2. The van der Waals surface area contributed by atoms with Crippen LogP contribution in [0.3, 0.4) is 0 Å². The molecule has 2 N–H and O–H groups in total. The van der Waals surface area contributed by atoms with Gasteiger partial charge in [0.05, 0.1) is 6.04 Å². The molecule has 2 rings (SSSR count). The molecule has 0 spiro atoms. The van der Waals surface area contributed by atoms with Crippen molar-refractivity contribution >= 4 is 11.3 Å². The number of nitrogens with two attached hydrogens (primary N) is 1. The second-order valence-electron chi connectivity index (χ2n) is 5.79. The fraction of sp³-hybridized carbons (Fsp3) is 0.412. The second-order valence-corrected chi connectivity index (χ2v) is 7.11. The zero-order chi connectivity index (χ0) is 14.0. The van der Waals surface area contributed by atoms with Gasteiger partial charge in [-0.25, -0.2) is 0 Å². The summed E-state index contributed by atoms with van der Waals surface area (Å²) in [6.45, 7) is 8.91. The van der Waals surface area contributed by atoms with Crippen LogP contribution in [0.4, 0.5) is 0 Å². The summed E-state index contributed by atoms with van der Waals surface area (Å²) >= 11 is 1.78. The maximum Gasteiger partial charge on any atom is 0.0646 e. The van der Waals surface area contributed by atoms with Crippen LogP contribution < -0.4 is 5.73 Å². The van der Waals surface area contributed by atoms with E-state index in [0.29, 0.717) is 0 Å². The average Bonchev–Trinajstić information content (AvgIpc) is 2.85.